The van der Waals surface area contributed by atoms with Crippen LogP contribution in [0.3, 0.4) is 0 Å². The van der Waals surface area contributed by atoms with Gasteiger partial charge in [-0.15, -0.1) is 11.8 Å². The van der Waals surface area contributed by atoms with Gasteiger partial charge in [-0.2, -0.15) is 0 Å². The van der Waals surface area contributed by atoms with Crippen molar-refractivity contribution < 1.29 is 0 Å². The third-order valence-electron chi connectivity index (χ3n) is 4.19. The summed E-state index contributed by atoms with van der Waals surface area (Å²) in [5.74, 6) is 6.04. The van der Waals surface area contributed by atoms with Gasteiger partial charge >= 0.3 is 0 Å². The number of hydrogen-bond donors (Lipinski definition) is 2. The second kappa shape index (κ2) is 5.70. The molecule has 1 aliphatic rings. The van der Waals surface area contributed by atoms with Crippen LogP contribution < -0.4 is 11.1 Å². The van der Waals surface area contributed by atoms with E-state index in [0.717, 1.165) is 19.5 Å². The Morgan fingerprint density at radius 3 is 2.50 bits per heavy atom. The molecule has 0 saturated heterocycles. The van der Waals surface area contributed by atoms with E-state index in [1.807, 2.05) is 6.92 Å². The zero-order chi connectivity index (χ0) is 12.1. The molecule has 3 N–H and O–H groups in total. The van der Waals surface area contributed by atoms with E-state index in [4.69, 9.17) is 5.73 Å². The second-order valence-corrected chi connectivity index (χ2v) is 5.48. The molecule has 0 amide bonds. The quantitative estimate of drug-likeness (QED) is 0.566. The minimum atomic E-state index is 0.126. The molecule has 1 aliphatic carbocycles. The zero-order valence-corrected chi connectivity index (χ0v) is 11.0. The standard InChI is InChI=1S/C14H26N2/c1-4-5-8-11-16-14(12-15)10-7-6-9-13(14,2)3/h16H,6-12,15H2,1-3H3. The van der Waals surface area contributed by atoms with Crippen LogP contribution in [0.5, 0.6) is 0 Å². The molecule has 0 radical (unpaired) electrons. The molecule has 16 heavy (non-hydrogen) atoms. The molecule has 2 nitrogen and oxygen atoms in total. The lowest BCUT2D eigenvalue weighted by atomic mass is 9.63. The lowest BCUT2D eigenvalue weighted by molar-refractivity contribution is 0.0700. The second-order valence-electron chi connectivity index (χ2n) is 5.48. The molecule has 1 fully saturated rings. The van der Waals surface area contributed by atoms with Gasteiger partial charge in [0.15, 0.2) is 0 Å². The Hall–Kier alpha value is -0.520. The number of rotatable bonds is 4. The molecule has 0 bridgehead atoms. The lowest BCUT2D eigenvalue weighted by Crippen LogP contribution is -2.62. The van der Waals surface area contributed by atoms with Gasteiger partial charge in [0.05, 0.1) is 0 Å². The predicted molar refractivity (Wildman–Crippen MR) is 70.1 cm³/mol. The summed E-state index contributed by atoms with van der Waals surface area (Å²) in [7, 11) is 0. The molecule has 1 unspecified atom stereocenters. The fourth-order valence-electron chi connectivity index (χ4n) is 2.84. The monoisotopic (exact) mass is 222 g/mol. The van der Waals surface area contributed by atoms with Gasteiger partial charge < -0.3 is 11.1 Å². The Labute approximate surface area is 100 Å². The fourth-order valence-corrected chi connectivity index (χ4v) is 2.84. The molecule has 1 atom stereocenters. The Morgan fingerprint density at radius 2 is 1.94 bits per heavy atom. The molecule has 0 heterocycles. The maximum Gasteiger partial charge on any atom is 0.0355 e. The predicted octanol–water partition coefficient (Wildman–Crippen LogP) is 2.29. The van der Waals surface area contributed by atoms with Crippen LogP contribution in [0, 0.1) is 17.3 Å². The number of nitrogens with one attached hydrogen (secondary N) is 1. The third kappa shape index (κ3) is 2.78. The van der Waals surface area contributed by atoms with Crippen LogP contribution in [0.4, 0.5) is 0 Å². The number of nitrogens with two attached hydrogens (primary N) is 1. The van der Waals surface area contributed by atoms with Gasteiger partial charge in [-0.05, 0) is 25.2 Å². The van der Waals surface area contributed by atoms with E-state index in [9.17, 15) is 0 Å². The minimum Gasteiger partial charge on any atom is -0.329 e. The topological polar surface area (TPSA) is 38.0 Å². The van der Waals surface area contributed by atoms with E-state index in [-0.39, 0.29) is 5.54 Å². The highest BCUT2D eigenvalue weighted by molar-refractivity contribution is 5.04. The van der Waals surface area contributed by atoms with Gasteiger partial charge in [0, 0.05) is 25.0 Å². The highest BCUT2D eigenvalue weighted by atomic mass is 15.0. The molecule has 0 aromatic heterocycles. The molecule has 2 heteroatoms. The largest absolute Gasteiger partial charge is 0.329 e. The minimum absolute atomic E-state index is 0.126. The third-order valence-corrected chi connectivity index (χ3v) is 4.19. The summed E-state index contributed by atoms with van der Waals surface area (Å²) in [6.07, 6.45) is 6.04. The molecule has 1 saturated carbocycles. The van der Waals surface area contributed by atoms with E-state index in [2.05, 4.69) is 31.0 Å². The van der Waals surface area contributed by atoms with Crippen molar-refractivity contribution >= 4 is 0 Å². The van der Waals surface area contributed by atoms with Crippen LogP contribution in [0.1, 0.15) is 52.9 Å². The molecule has 0 spiro atoms. The van der Waals surface area contributed by atoms with Crippen molar-refractivity contribution in [2.45, 2.75) is 58.4 Å². The summed E-state index contributed by atoms with van der Waals surface area (Å²) >= 11 is 0. The van der Waals surface area contributed by atoms with E-state index < -0.39 is 0 Å². The zero-order valence-electron chi connectivity index (χ0n) is 11.0. The van der Waals surface area contributed by atoms with Crippen LogP contribution >= 0.6 is 0 Å². The van der Waals surface area contributed by atoms with Crippen LogP contribution in [-0.2, 0) is 0 Å². The smallest absolute Gasteiger partial charge is 0.0355 e. The first-order valence-electron chi connectivity index (χ1n) is 6.43. The van der Waals surface area contributed by atoms with E-state index >= 15 is 0 Å². The Morgan fingerprint density at radius 1 is 1.25 bits per heavy atom. The van der Waals surface area contributed by atoms with Gasteiger partial charge in [-0.25, -0.2) is 0 Å². The molecular formula is C14H26N2. The highest BCUT2D eigenvalue weighted by Gasteiger charge is 2.44. The van der Waals surface area contributed by atoms with Gasteiger partial charge in [0.1, 0.15) is 0 Å². The highest BCUT2D eigenvalue weighted by Crippen LogP contribution is 2.43. The van der Waals surface area contributed by atoms with Gasteiger partial charge in [0.2, 0.25) is 0 Å². The first-order chi connectivity index (χ1) is 7.58. The van der Waals surface area contributed by atoms with Crippen molar-refractivity contribution in [1.29, 1.82) is 0 Å². The van der Waals surface area contributed by atoms with Gasteiger partial charge in [0.25, 0.3) is 0 Å². The maximum absolute atomic E-state index is 6.03. The summed E-state index contributed by atoms with van der Waals surface area (Å²) < 4.78 is 0. The molecule has 1 rings (SSSR count). The van der Waals surface area contributed by atoms with Crippen molar-refractivity contribution in [3.8, 4) is 11.8 Å². The Balaban J connectivity index is 2.62. The van der Waals surface area contributed by atoms with Gasteiger partial charge in [-0.3, -0.25) is 0 Å². The van der Waals surface area contributed by atoms with Crippen LogP contribution in [0.15, 0.2) is 0 Å². The molecular weight excluding hydrogens is 196 g/mol. The van der Waals surface area contributed by atoms with Gasteiger partial charge in [-0.1, -0.05) is 26.7 Å². The summed E-state index contributed by atoms with van der Waals surface area (Å²) in [6.45, 7) is 8.28. The lowest BCUT2D eigenvalue weighted by Gasteiger charge is -2.50. The van der Waals surface area contributed by atoms with Crippen molar-refractivity contribution in [2.75, 3.05) is 13.1 Å². The Bertz CT molecular complexity index is 272. The summed E-state index contributed by atoms with van der Waals surface area (Å²) in [4.78, 5) is 0. The SMILES string of the molecule is CC#CCCNC1(CN)CCCCC1(C)C. The summed E-state index contributed by atoms with van der Waals surface area (Å²) in [5.41, 5.74) is 6.46. The molecule has 92 valence electrons. The van der Waals surface area contributed by atoms with Crippen molar-refractivity contribution in [2.24, 2.45) is 11.1 Å². The van der Waals surface area contributed by atoms with Crippen molar-refractivity contribution in [3.05, 3.63) is 0 Å². The Kier molecular flexibility index (Phi) is 4.83. The normalized spacial score (nSPS) is 28.2. The first-order valence-corrected chi connectivity index (χ1v) is 6.43. The van der Waals surface area contributed by atoms with Crippen molar-refractivity contribution in [1.82, 2.24) is 5.32 Å². The first kappa shape index (κ1) is 13.5. The summed E-state index contributed by atoms with van der Waals surface area (Å²) in [6, 6.07) is 0. The average Bonchev–Trinajstić information content (AvgIpc) is 2.26. The molecule has 0 aliphatic heterocycles. The summed E-state index contributed by atoms with van der Waals surface area (Å²) in [5, 5.41) is 3.68. The van der Waals surface area contributed by atoms with E-state index in [0.29, 0.717) is 5.41 Å². The maximum atomic E-state index is 6.03. The van der Waals surface area contributed by atoms with Crippen LogP contribution in [-0.4, -0.2) is 18.6 Å². The molecule has 0 aromatic rings. The van der Waals surface area contributed by atoms with Crippen molar-refractivity contribution in [3.63, 3.8) is 0 Å². The number of hydrogen-bond acceptors (Lipinski definition) is 2. The van der Waals surface area contributed by atoms with Crippen LogP contribution in [0.2, 0.25) is 0 Å². The van der Waals surface area contributed by atoms with Crippen LogP contribution in [0.25, 0.3) is 0 Å². The molecule has 0 aromatic carbocycles. The van der Waals surface area contributed by atoms with E-state index in [1.54, 1.807) is 0 Å². The fraction of sp³-hybridized carbons (Fsp3) is 0.857. The van der Waals surface area contributed by atoms with E-state index in [1.165, 1.54) is 25.7 Å². The average molecular weight is 222 g/mol.